The SMILES string of the molecule is O=C(CCCc1nc2ccccc2s1)Nc1cc(F)ccc1N1CCCCC1. The predicted octanol–water partition coefficient (Wildman–Crippen LogP) is 5.39. The summed E-state index contributed by atoms with van der Waals surface area (Å²) in [5, 5.41) is 3.97. The zero-order valence-corrected chi connectivity index (χ0v) is 16.6. The van der Waals surface area contributed by atoms with Gasteiger partial charge in [0.05, 0.1) is 26.6 Å². The van der Waals surface area contributed by atoms with Gasteiger partial charge in [0.25, 0.3) is 0 Å². The molecule has 4 nitrogen and oxygen atoms in total. The lowest BCUT2D eigenvalue weighted by atomic mass is 10.1. The normalized spacial score (nSPS) is 14.4. The number of nitrogens with one attached hydrogen (secondary N) is 1. The highest BCUT2D eigenvalue weighted by molar-refractivity contribution is 7.18. The third-order valence-corrected chi connectivity index (χ3v) is 6.16. The first-order valence-corrected chi connectivity index (χ1v) is 10.7. The molecule has 1 aliphatic heterocycles. The molecule has 3 aromatic rings. The molecule has 1 N–H and O–H groups in total. The maximum atomic E-state index is 13.8. The molecule has 1 amide bonds. The van der Waals surface area contributed by atoms with Crippen LogP contribution < -0.4 is 10.2 Å². The maximum absolute atomic E-state index is 13.8. The fraction of sp³-hybridized carbons (Fsp3) is 0.364. The predicted molar refractivity (Wildman–Crippen MR) is 114 cm³/mol. The van der Waals surface area contributed by atoms with E-state index in [-0.39, 0.29) is 11.7 Å². The van der Waals surface area contributed by atoms with Gasteiger partial charge in [0.15, 0.2) is 0 Å². The molecule has 0 saturated carbocycles. The number of amides is 1. The van der Waals surface area contributed by atoms with Crippen molar-refractivity contribution in [1.82, 2.24) is 4.98 Å². The first-order chi connectivity index (χ1) is 13.7. The van der Waals surface area contributed by atoms with E-state index >= 15 is 0 Å². The van der Waals surface area contributed by atoms with E-state index in [9.17, 15) is 9.18 Å². The summed E-state index contributed by atoms with van der Waals surface area (Å²) >= 11 is 1.68. The number of thiazole rings is 1. The Bertz CT molecular complexity index is 932. The van der Waals surface area contributed by atoms with Crippen LogP contribution in [0, 0.1) is 5.82 Å². The van der Waals surface area contributed by atoms with Gasteiger partial charge in [0.2, 0.25) is 5.91 Å². The van der Waals surface area contributed by atoms with Crippen molar-refractivity contribution in [3.8, 4) is 0 Å². The highest BCUT2D eigenvalue weighted by atomic mass is 32.1. The standard InChI is InChI=1S/C22H24FN3OS/c23-16-11-12-19(26-13-4-1-5-14-26)18(15-16)24-21(27)9-6-10-22-25-17-7-2-3-8-20(17)28-22/h2-3,7-8,11-12,15H,1,4-6,9-10,13-14H2,(H,24,27). The molecule has 2 heterocycles. The van der Waals surface area contributed by atoms with E-state index < -0.39 is 0 Å². The van der Waals surface area contributed by atoms with Gasteiger partial charge in [-0.25, -0.2) is 9.37 Å². The van der Waals surface area contributed by atoms with Crippen molar-refractivity contribution in [1.29, 1.82) is 0 Å². The smallest absolute Gasteiger partial charge is 0.224 e. The summed E-state index contributed by atoms with van der Waals surface area (Å²) in [7, 11) is 0. The molecule has 2 aromatic carbocycles. The van der Waals surface area contributed by atoms with E-state index in [0.717, 1.165) is 55.0 Å². The van der Waals surface area contributed by atoms with Crippen LogP contribution in [-0.2, 0) is 11.2 Å². The van der Waals surface area contributed by atoms with Crippen LogP contribution in [0.4, 0.5) is 15.8 Å². The average molecular weight is 398 g/mol. The summed E-state index contributed by atoms with van der Waals surface area (Å²) in [5.74, 6) is -0.407. The summed E-state index contributed by atoms with van der Waals surface area (Å²) < 4.78 is 14.9. The number of anilines is 2. The van der Waals surface area contributed by atoms with Crippen LogP contribution >= 0.6 is 11.3 Å². The number of carbonyl (C=O) groups excluding carboxylic acids is 1. The molecule has 1 aliphatic rings. The molecular formula is C22H24FN3OS. The minimum atomic E-state index is -0.328. The van der Waals surface area contributed by atoms with Crippen LogP contribution in [0.5, 0.6) is 0 Å². The zero-order valence-electron chi connectivity index (χ0n) is 15.8. The van der Waals surface area contributed by atoms with Crippen molar-refractivity contribution in [3.05, 3.63) is 53.3 Å². The topological polar surface area (TPSA) is 45.2 Å². The van der Waals surface area contributed by atoms with Gasteiger partial charge in [-0.3, -0.25) is 4.79 Å². The molecule has 0 aliphatic carbocycles. The molecule has 0 unspecified atom stereocenters. The number of rotatable bonds is 6. The minimum absolute atomic E-state index is 0.0787. The van der Waals surface area contributed by atoms with Gasteiger partial charge in [-0.2, -0.15) is 0 Å². The quantitative estimate of drug-likeness (QED) is 0.607. The largest absolute Gasteiger partial charge is 0.370 e. The maximum Gasteiger partial charge on any atom is 0.224 e. The fourth-order valence-electron chi connectivity index (χ4n) is 3.66. The Morgan fingerprint density at radius 1 is 1.14 bits per heavy atom. The van der Waals surface area contributed by atoms with Crippen LogP contribution in [0.2, 0.25) is 0 Å². The number of fused-ring (bicyclic) bond motifs is 1. The lowest BCUT2D eigenvalue weighted by molar-refractivity contribution is -0.116. The number of halogens is 1. The minimum Gasteiger partial charge on any atom is -0.370 e. The van der Waals surface area contributed by atoms with Crippen molar-refractivity contribution in [2.24, 2.45) is 0 Å². The molecule has 0 radical (unpaired) electrons. The summed E-state index contributed by atoms with van der Waals surface area (Å²) in [6.45, 7) is 1.90. The van der Waals surface area contributed by atoms with Crippen molar-refractivity contribution >= 4 is 38.8 Å². The summed E-state index contributed by atoms with van der Waals surface area (Å²) in [4.78, 5) is 19.3. The number of aryl methyl sites for hydroxylation is 1. The lowest BCUT2D eigenvalue weighted by Crippen LogP contribution is -2.30. The van der Waals surface area contributed by atoms with E-state index in [0.29, 0.717) is 12.1 Å². The van der Waals surface area contributed by atoms with Crippen LogP contribution in [0.25, 0.3) is 10.2 Å². The number of hydrogen-bond acceptors (Lipinski definition) is 4. The molecular weight excluding hydrogens is 373 g/mol. The monoisotopic (exact) mass is 397 g/mol. The zero-order chi connectivity index (χ0) is 19.3. The van der Waals surface area contributed by atoms with E-state index in [1.165, 1.54) is 23.3 Å². The van der Waals surface area contributed by atoms with E-state index in [1.807, 2.05) is 18.2 Å². The van der Waals surface area contributed by atoms with E-state index in [2.05, 4.69) is 21.3 Å². The van der Waals surface area contributed by atoms with Crippen LogP contribution in [-0.4, -0.2) is 24.0 Å². The second-order valence-corrected chi connectivity index (χ2v) is 8.30. The van der Waals surface area contributed by atoms with Crippen LogP contribution in [0.3, 0.4) is 0 Å². The van der Waals surface area contributed by atoms with Gasteiger partial charge < -0.3 is 10.2 Å². The Morgan fingerprint density at radius 3 is 2.79 bits per heavy atom. The van der Waals surface area contributed by atoms with E-state index in [1.54, 1.807) is 17.4 Å². The first-order valence-electron chi connectivity index (χ1n) is 9.88. The van der Waals surface area contributed by atoms with Crippen molar-refractivity contribution in [2.45, 2.75) is 38.5 Å². The molecule has 1 fully saturated rings. The van der Waals surface area contributed by atoms with Gasteiger partial charge >= 0.3 is 0 Å². The third kappa shape index (κ3) is 4.50. The molecule has 6 heteroatoms. The Morgan fingerprint density at radius 2 is 1.96 bits per heavy atom. The van der Waals surface area contributed by atoms with Gasteiger partial charge in [-0.05, 0) is 62.4 Å². The lowest BCUT2D eigenvalue weighted by Gasteiger charge is -2.30. The highest BCUT2D eigenvalue weighted by Gasteiger charge is 2.16. The van der Waals surface area contributed by atoms with Crippen LogP contribution in [0.1, 0.15) is 37.1 Å². The number of aromatic nitrogens is 1. The molecule has 1 aromatic heterocycles. The molecule has 1 saturated heterocycles. The van der Waals surface area contributed by atoms with Gasteiger partial charge in [0, 0.05) is 19.5 Å². The number of benzene rings is 2. The first kappa shape index (κ1) is 18.9. The number of nitrogens with zero attached hydrogens (tertiary/aromatic N) is 2. The number of carbonyl (C=O) groups is 1. The molecule has 0 bridgehead atoms. The molecule has 0 atom stereocenters. The molecule has 4 rings (SSSR count). The van der Waals surface area contributed by atoms with Gasteiger partial charge in [-0.1, -0.05) is 12.1 Å². The van der Waals surface area contributed by atoms with Crippen molar-refractivity contribution < 1.29 is 9.18 Å². The number of hydrogen-bond donors (Lipinski definition) is 1. The number of para-hydroxylation sites is 1. The molecule has 146 valence electrons. The Kier molecular flexibility index (Phi) is 5.86. The second kappa shape index (κ2) is 8.69. The van der Waals surface area contributed by atoms with E-state index in [4.69, 9.17) is 0 Å². The summed E-state index contributed by atoms with van der Waals surface area (Å²) in [6, 6.07) is 12.7. The highest BCUT2D eigenvalue weighted by Crippen LogP contribution is 2.29. The Labute approximate surface area is 168 Å². The number of piperidine rings is 1. The Hall–Kier alpha value is -2.47. The Balaban J connectivity index is 1.36. The third-order valence-electron chi connectivity index (χ3n) is 5.06. The fourth-order valence-corrected chi connectivity index (χ4v) is 4.67. The average Bonchev–Trinajstić information content (AvgIpc) is 3.11. The second-order valence-electron chi connectivity index (χ2n) is 7.19. The molecule has 28 heavy (non-hydrogen) atoms. The van der Waals surface area contributed by atoms with Crippen molar-refractivity contribution in [2.75, 3.05) is 23.3 Å². The van der Waals surface area contributed by atoms with Gasteiger partial charge in [-0.15, -0.1) is 11.3 Å². The van der Waals surface area contributed by atoms with Crippen molar-refractivity contribution in [3.63, 3.8) is 0 Å². The molecule has 0 spiro atoms. The summed E-state index contributed by atoms with van der Waals surface area (Å²) in [6.07, 6.45) is 5.38. The van der Waals surface area contributed by atoms with Gasteiger partial charge in [0.1, 0.15) is 5.82 Å². The van der Waals surface area contributed by atoms with Crippen LogP contribution in [0.15, 0.2) is 42.5 Å². The summed E-state index contributed by atoms with van der Waals surface area (Å²) in [5.41, 5.74) is 2.50.